The second-order valence-corrected chi connectivity index (χ2v) is 5.35. The molecular formula is C15H20N2O2. The van der Waals surface area contributed by atoms with Crippen LogP contribution in [0.25, 0.3) is 10.8 Å². The lowest BCUT2D eigenvalue weighted by molar-refractivity contribution is 0.398. The third-order valence-electron chi connectivity index (χ3n) is 2.98. The first-order valence-corrected chi connectivity index (χ1v) is 6.23. The van der Waals surface area contributed by atoms with Gasteiger partial charge in [-0.15, -0.1) is 0 Å². The fourth-order valence-corrected chi connectivity index (χ4v) is 2.14. The monoisotopic (exact) mass is 260 g/mol. The van der Waals surface area contributed by atoms with Crippen molar-refractivity contribution < 1.29 is 9.47 Å². The summed E-state index contributed by atoms with van der Waals surface area (Å²) in [5.74, 6) is 1.54. The number of benzene rings is 1. The summed E-state index contributed by atoms with van der Waals surface area (Å²) in [6.45, 7) is 3.98. The van der Waals surface area contributed by atoms with Crippen molar-refractivity contribution in [3.05, 3.63) is 30.1 Å². The molecule has 1 aromatic carbocycles. The number of nitrogens with two attached hydrogens (primary N) is 1. The van der Waals surface area contributed by atoms with Gasteiger partial charge in [-0.05, 0) is 26.0 Å². The first kappa shape index (κ1) is 13.6. The van der Waals surface area contributed by atoms with Gasteiger partial charge in [0.1, 0.15) is 11.5 Å². The molecule has 1 heterocycles. The van der Waals surface area contributed by atoms with Crippen LogP contribution in [0, 0.1) is 0 Å². The molecule has 4 nitrogen and oxygen atoms in total. The number of aromatic nitrogens is 1. The van der Waals surface area contributed by atoms with E-state index in [0.29, 0.717) is 6.42 Å². The van der Waals surface area contributed by atoms with E-state index < -0.39 is 0 Å². The Morgan fingerprint density at radius 1 is 1.16 bits per heavy atom. The normalized spacial score (nSPS) is 11.6. The van der Waals surface area contributed by atoms with Crippen molar-refractivity contribution in [3.8, 4) is 11.5 Å². The molecule has 2 rings (SSSR count). The lowest BCUT2D eigenvalue weighted by Gasteiger charge is -2.19. The van der Waals surface area contributed by atoms with Crippen molar-refractivity contribution in [2.24, 2.45) is 5.73 Å². The number of hydrogen-bond donors (Lipinski definition) is 1. The fraction of sp³-hybridized carbons (Fsp3) is 0.400. The Morgan fingerprint density at radius 2 is 1.89 bits per heavy atom. The van der Waals surface area contributed by atoms with Gasteiger partial charge < -0.3 is 15.2 Å². The van der Waals surface area contributed by atoms with Crippen molar-refractivity contribution in [3.63, 3.8) is 0 Å². The fourth-order valence-electron chi connectivity index (χ4n) is 2.14. The van der Waals surface area contributed by atoms with Crippen LogP contribution < -0.4 is 15.2 Å². The van der Waals surface area contributed by atoms with Crippen LogP contribution in [-0.4, -0.2) is 24.7 Å². The van der Waals surface area contributed by atoms with Crippen molar-refractivity contribution in [2.45, 2.75) is 25.8 Å². The summed E-state index contributed by atoms with van der Waals surface area (Å²) in [6, 6.07) is 5.80. The van der Waals surface area contributed by atoms with Crippen LogP contribution in [0.3, 0.4) is 0 Å². The number of fused-ring (bicyclic) bond motifs is 1. The third kappa shape index (κ3) is 2.96. The average Bonchev–Trinajstić information content (AvgIpc) is 2.36. The third-order valence-corrected chi connectivity index (χ3v) is 2.98. The van der Waals surface area contributed by atoms with Crippen LogP contribution in [0.2, 0.25) is 0 Å². The zero-order valence-corrected chi connectivity index (χ0v) is 11.9. The molecule has 19 heavy (non-hydrogen) atoms. The van der Waals surface area contributed by atoms with Gasteiger partial charge in [-0.3, -0.25) is 4.98 Å². The quantitative estimate of drug-likeness (QED) is 0.917. The number of nitrogens with zero attached hydrogens (tertiary/aromatic N) is 1. The van der Waals surface area contributed by atoms with E-state index in [4.69, 9.17) is 15.2 Å². The molecule has 0 atom stereocenters. The summed E-state index contributed by atoms with van der Waals surface area (Å²) >= 11 is 0. The second kappa shape index (κ2) is 5.05. The molecule has 0 amide bonds. The summed E-state index contributed by atoms with van der Waals surface area (Å²) in [6.07, 6.45) is 2.49. The SMILES string of the molecule is COc1cc(OC)c2ccnc(CC(C)(C)N)c2c1. The standard InChI is InChI=1S/C15H20N2O2/c1-15(2,16)9-13-12-7-10(18-3)8-14(19-4)11(12)5-6-17-13/h5-8H,9,16H2,1-4H3. The summed E-state index contributed by atoms with van der Waals surface area (Å²) in [4.78, 5) is 4.45. The minimum absolute atomic E-state index is 0.308. The van der Waals surface area contributed by atoms with E-state index in [-0.39, 0.29) is 5.54 Å². The highest BCUT2D eigenvalue weighted by Crippen LogP contribution is 2.32. The van der Waals surface area contributed by atoms with E-state index in [1.807, 2.05) is 32.0 Å². The molecular weight excluding hydrogens is 240 g/mol. The molecule has 0 fully saturated rings. The molecule has 0 aliphatic carbocycles. The van der Waals surface area contributed by atoms with Crippen molar-refractivity contribution in [1.82, 2.24) is 4.98 Å². The van der Waals surface area contributed by atoms with Gasteiger partial charge in [-0.1, -0.05) is 0 Å². The maximum absolute atomic E-state index is 6.10. The van der Waals surface area contributed by atoms with Crippen LogP contribution in [0.1, 0.15) is 19.5 Å². The number of ether oxygens (including phenoxy) is 2. The minimum Gasteiger partial charge on any atom is -0.497 e. The van der Waals surface area contributed by atoms with E-state index in [9.17, 15) is 0 Å². The minimum atomic E-state index is -0.308. The highest BCUT2D eigenvalue weighted by atomic mass is 16.5. The predicted octanol–water partition coefficient (Wildman–Crippen LogP) is 2.53. The second-order valence-electron chi connectivity index (χ2n) is 5.35. The molecule has 0 bridgehead atoms. The molecule has 0 aliphatic heterocycles. The Labute approximate surface area is 113 Å². The zero-order valence-electron chi connectivity index (χ0n) is 11.9. The molecule has 0 unspecified atom stereocenters. The Morgan fingerprint density at radius 3 is 2.47 bits per heavy atom. The first-order valence-electron chi connectivity index (χ1n) is 6.23. The number of methoxy groups -OCH3 is 2. The van der Waals surface area contributed by atoms with Gasteiger partial charge in [0.05, 0.1) is 19.9 Å². The summed E-state index contributed by atoms with van der Waals surface area (Å²) in [5.41, 5.74) is 6.75. The Kier molecular flexibility index (Phi) is 3.62. The van der Waals surface area contributed by atoms with Crippen LogP contribution in [0.4, 0.5) is 0 Å². The van der Waals surface area contributed by atoms with E-state index >= 15 is 0 Å². The summed E-state index contributed by atoms with van der Waals surface area (Å²) < 4.78 is 10.7. The molecule has 0 spiro atoms. The van der Waals surface area contributed by atoms with Gasteiger partial charge in [0.2, 0.25) is 0 Å². The Hall–Kier alpha value is -1.81. The molecule has 0 radical (unpaired) electrons. The highest BCUT2D eigenvalue weighted by Gasteiger charge is 2.16. The van der Waals surface area contributed by atoms with E-state index in [0.717, 1.165) is 28.0 Å². The van der Waals surface area contributed by atoms with Crippen LogP contribution >= 0.6 is 0 Å². The molecule has 4 heteroatoms. The van der Waals surface area contributed by atoms with Crippen molar-refractivity contribution in [2.75, 3.05) is 14.2 Å². The smallest absolute Gasteiger partial charge is 0.130 e. The summed E-state index contributed by atoms with van der Waals surface area (Å²) in [5, 5.41) is 2.05. The van der Waals surface area contributed by atoms with E-state index in [1.54, 1.807) is 20.4 Å². The van der Waals surface area contributed by atoms with Gasteiger partial charge in [-0.2, -0.15) is 0 Å². The van der Waals surface area contributed by atoms with Gasteiger partial charge in [-0.25, -0.2) is 0 Å². The molecule has 102 valence electrons. The van der Waals surface area contributed by atoms with E-state index in [2.05, 4.69) is 4.98 Å². The van der Waals surface area contributed by atoms with Crippen LogP contribution in [0.5, 0.6) is 11.5 Å². The first-order chi connectivity index (χ1) is 8.94. The summed E-state index contributed by atoms with van der Waals surface area (Å²) in [7, 11) is 3.30. The number of hydrogen-bond acceptors (Lipinski definition) is 4. The van der Waals surface area contributed by atoms with Crippen molar-refractivity contribution in [1.29, 1.82) is 0 Å². The number of rotatable bonds is 4. The maximum atomic E-state index is 6.10. The van der Waals surface area contributed by atoms with Crippen molar-refractivity contribution >= 4 is 10.8 Å². The largest absolute Gasteiger partial charge is 0.497 e. The lowest BCUT2D eigenvalue weighted by atomic mass is 9.96. The molecule has 0 saturated carbocycles. The molecule has 0 saturated heterocycles. The maximum Gasteiger partial charge on any atom is 0.130 e. The van der Waals surface area contributed by atoms with Crippen LogP contribution in [0.15, 0.2) is 24.4 Å². The highest BCUT2D eigenvalue weighted by molar-refractivity contribution is 5.91. The number of pyridine rings is 1. The van der Waals surface area contributed by atoms with Crippen LogP contribution in [-0.2, 0) is 6.42 Å². The topological polar surface area (TPSA) is 57.4 Å². The Bertz CT molecular complexity index is 588. The Balaban J connectivity index is 2.65. The van der Waals surface area contributed by atoms with Gasteiger partial charge in [0.25, 0.3) is 0 Å². The molecule has 2 aromatic rings. The van der Waals surface area contributed by atoms with E-state index in [1.165, 1.54) is 0 Å². The zero-order chi connectivity index (χ0) is 14.0. The van der Waals surface area contributed by atoms with Gasteiger partial charge in [0, 0.05) is 35.0 Å². The molecule has 1 aromatic heterocycles. The van der Waals surface area contributed by atoms with Gasteiger partial charge in [0.15, 0.2) is 0 Å². The molecule has 0 aliphatic rings. The van der Waals surface area contributed by atoms with Gasteiger partial charge >= 0.3 is 0 Å². The average molecular weight is 260 g/mol. The lowest BCUT2D eigenvalue weighted by Crippen LogP contribution is -2.34. The predicted molar refractivity (Wildman–Crippen MR) is 76.8 cm³/mol. The molecule has 2 N–H and O–H groups in total.